The van der Waals surface area contributed by atoms with Crippen LogP contribution in [0.5, 0.6) is 0 Å². The first-order chi connectivity index (χ1) is 12.1. The van der Waals surface area contributed by atoms with Crippen molar-refractivity contribution in [3.8, 4) is 23.0 Å². The minimum atomic E-state index is -0.282. The average Bonchev–Trinajstić information content (AvgIpc) is 3.30. The Morgan fingerprint density at radius 2 is 2.08 bits per heavy atom. The summed E-state index contributed by atoms with van der Waals surface area (Å²) >= 11 is 1.27. The van der Waals surface area contributed by atoms with Crippen LogP contribution in [-0.4, -0.2) is 31.7 Å². The number of fused-ring (bicyclic) bond motifs is 1. The number of hydrogen-bond acceptors (Lipinski definition) is 5. The number of thioether (sulfide) groups is 1. The van der Waals surface area contributed by atoms with Gasteiger partial charge in [-0.2, -0.15) is 4.98 Å². The van der Waals surface area contributed by atoms with Crippen molar-refractivity contribution in [1.29, 1.82) is 0 Å². The highest BCUT2D eigenvalue weighted by molar-refractivity contribution is 7.99. The molecule has 0 bridgehead atoms. The maximum atomic E-state index is 13.3. The molecule has 6 nitrogen and oxygen atoms in total. The number of benzene rings is 1. The molecule has 1 aromatic carbocycles. The van der Waals surface area contributed by atoms with Gasteiger partial charge in [0.1, 0.15) is 11.6 Å². The van der Waals surface area contributed by atoms with Gasteiger partial charge < -0.3 is 9.40 Å². The number of furan rings is 1. The molecule has 3 aromatic heterocycles. The summed E-state index contributed by atoms with van der Waals surface area (Å²) in [6.07, 6.45) is 0. The molecule has 126 valence electrons. The summed E-state index contributed by atoms with van der Waals surface area (Å²) in [7, 11) is 0. The Labute approximate surface area is 145 Å². The first-order valence-corrected chi connectivity index (χ1v) is 8.50. The van der Waals surface area contributed by atoms with Gasteiger partial charge in [-0.15, -0.1) is 5.10 Å². The Hall–Kier alpha value is -2.87. The monoisotopic (exact) mass is 356 g/mol. The predicted octanol–water partition coefficient (Wildman–Crippen LogP) is 4.03. The van der Waals surface area contributed by atoms with Gasteiger partial charge in [0.15, 0.2) is 17.3 Å². The zero-order valence-electron chi connectivity index (χ0n) is 13.2. The van der Waals surface area contributed by atoms with Crippen LogP contribution in [0.1, 0.15) is 6.92 Å². The number of rotatable bonds is 5. The number of carbonyl (C=O) groups is 1. The number of halogens is 1. The third-order valence-electron chi connectivity index (χ3n) is 3.56. The molecule has 0 spiro atoms. The number of aromatic amines is 2. The largest absolute Gasteiger partial charge is 0.451 e. The lowest BCUT2D eigenvalue weighted by molar-refractivity contribution is -0.114. The molecule has 0 aliphatic rings. The van der Waals surface area contributed by atoms with Gasteiger partial charge in [-0.25, -0.2) is 4.39 Å². The molecule has 0 saturated heterocycles. The number of nitrogens with one attached hydrogen (secondary N) is 2. The summed E-state index contributed by atoms with van der Waals surface area (Å²) in [6, 6.07) is 9.98. The van der Waals surface area contributed by atoms with E-state index >= 15 is 0 Å². The van der Waals surface area contributed by atoms with Crippen LogP contribution in [0.3, 0.4) is 0 Å². The Bertz CT molecular complexity index is 1070. The highest BCUT2D eigenvalue weighted by atomic mass is 32.2. The van der Waals surface area contributed by atoms with Crippen molar-refractivity contribution in [2.45, 2.75) is 12.1 Å². The summed E-state index contributed by atoms with van der Waals surface area (Å²) in [5, 5.41) is 8.12. The van der Waals surface area contributed by atoms with Gasteiger partial charge >= 0.3 is 0 Å². The third kappa shape index (κ3) is 3.20. The van der Waals surface area contributed by atoms with Crippen LogP contribution in [0.25, 0.3) is 33.9 Å². The van der Waals surface area contributed by atoms with Crippen molar-refractivity contribution in [1.82, 2.24) is 20.2 Å². The van der Waals surface area contributed by atoms with E-state index < -0.39 is 0 Å². The SMILES string of the molecule is CC(=O)CSc1n[nH]c(-c2ccc(-c3cc4cc(F)ccc4[nH]3)o2)n1. The normalized spacial score (nSPS) is 11.3. The van der Waals surface area contributed by atoms with Gasteiger partial charge in [0, 0.05) is 10.9 Å². The quantitative estimate of drug-likeness (QED) is 0.527. The van der Waals surface area contributed by atoms with Crippen LogP contribution in [0.4, 0.5) is 4.39 Å². The fraction of sp³-hybridized carbons (Fsp3) is 0.118. The van der Waals surface area contributed by atoms with E-state index in [1.165, 1.54) is 30.8 Å². The van der Waals surface area contributed by atoms with Crippen LogP contribution < -0.4 is 0 Å². The van der Waals surface area contributed by atoms with E-state index in [0.717, 1.165) is 16.6 Å². The number of hydrogen-bond donors (Lipinski definition) is 2. The predicted molar refractivity (Wildman–Crippen MR) is 92.7 cm³/mol. The molecule has 0 fully saturated rings. The molecule has 0 saturated carbocycles. The van der Waals surface area contributed by atoms with Gasteiger partial charge in [-0.1, -0.05) is 11.8 Å². The summed E-state index contributed by atoms with van der Waals surface area (Å²) in [5.74, 6) is 1.73. The molecule has 0 amide bonds. The van der Waals surface area contributed by atoms with Gasteiger partial charge in [-0.3, -0.25) is 9.89 Å². The molecular formula is C17H13FN4O2S. The lowest BCUT2D eigenvalue weighted by Gasteiger charge is -1.92. The van der Waals surface area contributed by atoms with Crippen LogP contribution in [0, 0.1) is 5.82 Å². The van der Waals surface area contributed by atoms with E-state index in [-0.39, 0.29) is 11.6 Å². The highest BCUT2D eigenvalue weighted by Gasteiger charge is 2.13. The maximum Gasteiger partial charge on any atom is 0.209 e. The fourth-order valence-corrected chi connectivity index (χ4v) is 3.03. The topological polar surface area (TPSA) is 87.6 Å². The minimum Gasteiger partial charge on any atom is -0.451 e. The molecule has 8 heteroatoms. The zero-order chi connectivity index (χ0) is 17.4. The summed E-state index contributed by atoms with van der Waals surface area (Å²) in [5.41, 5.74) is 1.58. The number of Topliss-reactive ketones (excluding diaryl/α,β-unsaturated/α-hetero) is 1. The maximum absolute atomic E-state index is 13.3. The van der Waals surface area contributed by atoms with E-state index in [2.05, 4.69) is 20.2 Å². The van der Waals surface area contributed by atoms with Crippen molar-refractivity contribution in [2.75, 3.05) is 5.75 Å². The zero-order valence-corrected chi connectivity index (χ0v) is 14.0. The van der Waals surface area contributed by atoms with Crippen molar-refractivity contribution < 1.29 is 13.6 Å². The van der Waals surface area contributed by atoms with E-state index in [1.807, 2.05) is 6.07 Å². The molecule has 3 heterocycles. The third-order valence-corrected chi connectivity index (χ3v) is 4.55. The Morgan fingerprint density at radius 1 is 1.24 bits per heavy atom. The molecule has 0 aliphatic carbocycles. The number of carbonyl (C=O) groups excluding carboxylic acids is 1. The minimum absolute atomic E-state index is 0.0619. The average molecular weight is 356 g/mol. The fourth-order valence-electron chi connectivity index (χ4n) is 2.43. The molecule has 0 atom stereocenters. The summed E-state index contributed by atoms with van der Waals surface area (Å²) in [4.78, 5) is 18.5. The van der Waals surface area contributed by atoms with Gasteiger partial charge in [-0.05, 0) is 43.3 Å². The Kier molecular flexibility index (Phi) is 3.89. The molecular weight excluding hydrogens is 343 g/mol. The molecule has 4 rings (SSSR count). The molecule has 0 radical (unpaired) electrons. The second kappa shape index (κ2) is 6.21. The van der Waals surface area contributed by atoms with E-state index in [9.17, 15) is 9.18 Å². The van der Waals surface area contributed by atoms with Crippen molar-refractivity contribution in [3.05, 3.63) is 42.2 Å². The molecule has 25 heavy (non-hydrogen) atoms. The lowest BCUT2D eigenvalue weighted by Crippen LogP contribution is -1.93. The van der Waals surface area contributed by atoms with Crippen LogP contribution >= 0.6 is 11.8 Å². The van der Waals surface area contributed by atoms with E-state index in [4.69, 9.17) is 4.42 Å². The summed E-state index contributed by atoms with van der Waals surface area (Å²) in [6.45, 7) is 1.52. The Morgan fingerprint density at radius 3 is 2.92 bits per heavy atom. The van der Waals surface area contributed by atoms with Crippen LogP contribution in [0.2, 0.25) is 0 Å². The number of H-pyrrole nitrogens is 2. The summed E-state index contributed by atoms with van der Waals surface area (Å²) < 4.78 is 19.1. The Balaban J connectivity index is 1.60. The second-order valence-corrected chi connectivity index (χ2v) is 6.48. The molecule has 2 N–H and O–H groups in total. The molecule has 4 aromatic rings. The van der Waals surface area contributed by atoms with Crippen LogP contribution in [0.15, 0.2) is 46.0 Å². The van der Waals surface area contributed by atoms with Gasteiger partial charge in [0.2, 0.25) is 5.16 Å². The highest BCUT2D eigenvalue weighted by Crippen LogP contribution is 2.29. The van der Waals surface area contributed by atoms with E-state index in [1.54, 1.807) is 18.2 Å². The van der Waals surface area contributed by atoms with Crippen molar-refractivity contribution in [2.24, 2.45) is 0 Å². The van der Waals surface area contributed by atoms with Crippen molar-refractivity contribution >= 4 is 28.4 Å². The number of aromatic nitrogens is 4. The molecule has 0 aliphatic heterocycles. The standard InChI is InChI=1S/C17H13FN4O2S/c1-9(23)8-25-17-20-16(21-22-17)15-5-4-14(24-15)13-7-10-6-11(18)2-3-12(10)19-13/h2-7,19H,8H2,1H3,(H,20,21,22). The smallest absolute Gasteiger partial charge is 0.209 e. The number of nitrogens with zero attached hydrogens (tertiary/aromatic N) is 2. The second-order valence-electron chi connectivity index (χ2n) is 5.54. The van der Waals surface area contributed by atoms with Crippen molar-refractivity contribution in [3.63, 3.8) is 0 Å². The first-order valence-electron chi connectivity index (χ1n) is 7.52. The van der Waals surface area contributed by atoms with Gasteiger partial charge in [0.05, 0.1) is 11.4 Å². The first kappa shape index (κ1) is 15.6. The number of ketones is 1. The lowest BCUT2D eigenvalue weighted by atomic mass is 10.2. The van der Waals surface area contributed by atoms with E-state index in [0.29, 0.717) is 28.3 Å². The van der Waals surface area contributed by atoms with Gasteiger partial charge in [0.25, 0.3) is 0 Å². The van der Waals surface area contributed by atoms with Crippen LogP contribution in [-0.2, 0) is 4.79 Å². The molecule has 0 unspecified atom stereocenters.